The van der Waals surface area contributed by atoms with Gasteiger partial charge in [0.15, 0.2) is 11.6 Å². The van der Waals surface area contributed by atoms with Gasteiger partial charge >= 0.3 is 5.97 Å². The van der Waals surface area contributed by atoms with Crippen molar-refractivity contribution in [2.24, 2.45) is 5.92 Å². The molecule has 1 fully saturated rings. The summed E-state index contributed by atoms with van der Waals surface area (Å²) in [6, 6.07) is 6.88. The summed E-state index contributed by atoms with van der Waals surface area (Å²) >= 11 is 0. The molecule has 0 radical (unpaired) electrons. The third-order valence-electron chi connectivity index (χ3n) is 4.74. The second-order valence-electron chi connectivity index (χ2n) is 6.69. The zero-order valence-electron chi connectivity index (χ0n) is 13.9. The van der Waals surface area contributed by atoms with Crippen LogP contribution in [0.2, 0.25) is 0 Å². The lowest BCUT2D eigenvalue weighted by Gasteiger charge is -2.26. The van der Waals surface area contributed by atoms with Crippen LogP contribution in [0, 0.1) is 23.4 Å². The Morgan fingerprint density at radius 3 is 2.20 bits per heavy atom. The van der Waals surface area contributed by atoms with E-state index in [2.05, 4.69) is 6.92 Å². The molecule has 1 saturated carbocycles. The van der Waals surface area contributed by atoms with E-state index in [9.17, 15) is 18.0 Å². The average Bonchev–Trinajstić information content (AvgIpc) is 2.56. The van der Waals surface area contributed by atoms with Crippen LogP contribution < -0.4 is 4.74 Å². The first kappa shape index (κ1) is 17.5. The number of halogens is 3. The minimum Gasteiger partial charge on any atom is -0.420 e. The molecule has 0 aromatic heterocycles. The normalized spacial score (nSPS) is 20.3. The van der Waals surface area contributed by atoms with Gasteiger partial charge in [-0.2, -0.15) is 0 Å². The zero-order chi connectivity index (χ0) is 18.0. The fourth-order valence-electron chi connectivity index (χ4n) is 3.28. The fraction of sp³-hybridized carbons (Fsp3) is 0.350. The van der Waals surface area contributed by atoms with Crippen molar-refractivity contribution in [2.45, 2.75) is 38.5 Å². The van der Waals surface area contributed by atoms with E-state index in [0.29, 0.717) is 17.9 Å². The minimum atomic E-state index is -1.00. The molecule has 0 N–H and O–H groups in total. The third-order valence-corrected chi connectivity index (χ3v) is 4.74. The summed E-state index contributed by atoms with van der Waals surface area (Å²) in [4.78, 5) is 12.0. The van der Waals surface area contributed by atoms with Gasteiger partial charge in [0.1, 0.15) is 11.6 Å². The number of ether oxygens (including phenoxy) is 1. The van der Waals surface area contributed by atoms with Gasteiger partial charge in [-0.15, -0.1) is 0 Å². The third kappa shape index (κ3) is 4.21. The molecule has 2 nitrogen and oxygen atoms in total. The lowest BCUT2D eigenvalue weighted by molar-refractivity contribution is 0.0726. The predicted molar refractivity (Wildman–Crippen MR) is 88.1 cm³/mol. The van der Waals surface area contributed by atoms with Crippen LogP contribution in [0.15, 0.2) is 36.4 Å². The van der Waals surface area contributed by atoms with Gasteiger partial charge < -0.3 is 4.74 Å². The minimum absolute atomic E-state index is 0.248. The molecule has 0 unspecified atom stereocenters. The summed E-state index contributed by atoms with van der Waals surface area (Å²) < 4.78 is 45.6. The molecular weight excluding hydrogens is 329 g/mol. The first-order valence-corrected chi connectivity index (χ1v) is 8.40. The highest BCUT2D eigenvalue weighted by Gasteiger charge is 2.21. The number of rotatable bonds is 3. The Labute approximate surface area is 144 Å². The molecule has 0 amide bonds. The maximum Gasteiger partial charge on any atom is 0.343 e. The Balaban J connectivity index is 1.73. The van der Waals surface area contributed by atoms with E-state index in [1.165, 1.54) is 12.1 Å². The average molecular weight is 348 g/mol. The van der Waals surface area contributed by atoms with Crippen molar-refractivity contribution >= 4 is 5.97 Å². The van der Waals surface area contributed by atoms with Gasteiger partial charge in [0.25, 0.3) is 0 Å². The van der Waals surface area contributed by atoms with Gasteiger partial charge in [0.2, 0.25) is 0 Å². The second kappa shape index (κ2) is 7.30. The van der Waals surface area contributed by atoms with E-state index in [0.717, 1.165) is 43.4 Å². The van der Waals surface area contributed by atoms with E-state index in [4.69, 9.17) is 4.74 Å². The summed E-state index contributed by atoms with van der Waals surface area (Å²) in [5, 5.41) is 0. The van der Waals surface area contributed by atoms with Crippen molar-refractivity contribution in [1.82, 2.24) is 0 Å². The van der Waals surface area contributed by atoms with Gasteiger partial charge in [0.05, 0.1) is 5.56 Å². The lowest BCUT2D eigenvalue weighted by Crippen LogP contribution is -2.12. The first-order valence-electron chi connectivity index (χ1n) is 8.40. The predicted octanol–water partition coefficient (Wildman–Crippen LogP) is 5.62. The number of carbonyl (C=O) groups excluding carboxylic acids is 1. The molecular formula is C20H19F3O2. The van der Waals surface area contributed by atoms with E-state index in [1.807, 2.05) is 0 Å². The molecule has 0 atom stereocenters. The molecule has 0 heterocycles. The summed E-state index contributed by atoms with van der Waals surface area (Å²) in [6.07, 6.45) is 4.27. The largest absolute Gasteiger partial charge is 0.420 e. The Hall–Kier alpha value is -2.30. The molecule has 5 heteroatoms. The number of esters is 1. The van der Waals surface area contributed by atoms with Gasteiger partial charge in [-0.25, -0.2) is 18.0 Å². The van der Waals surface area contributed by atoms with Crippen molar-refractivity contribution < 1.29 is 22.7 Å². The Kier molecular flexibility index (Phi) is 5.11. The van der Waals surface area contributed by atoms with Crippen LogP contribution in [0.25, 0.3) is 0 Å². The highest BCUT2D eigenvalue weighted by Crippen LogP contribution is 2.36. The SMILES string of the molecule is CC1CCC(c2ccc(OC(=O)c3cc(F)cc(F)c3)c(F)c2)CC1. The van der Waals surface area contributed by atoms with Gasteiger partial charge in [-0.1, -0.05) is 25.8 Å². The molecule has 132 valence electrons. The summed E-state index contributed by atoms with van der Waals surface area (Å²) in [5.74, 6) is -2.68. The highest BCUT2D eigenvalue weighted by molar-refractivity contribution is 5.91. The van der Waals surface area contributed by atoms with Crippen molar-refractivity contribution in [2.75, 3.05) is 0 Å². The van der Waals surface area contributed by atoms with Crippen molar-refractivity contribution in [3.05, 3.63) is 65.0 Å². The van der Waals surface area contributed by atoms with Gasteiger partial charge in [-0.05, 0) is 54.5 Å². The first-order chi connectivity index (χ1) is 11.9. The van der Waals surface area contributed by atoms with E-state index in [1.54, 1.807) is 6.07 Å². The Morgan fingerprint density at radius 2 is 1.60 bits per heavy atom. The van der Waals surface area contributed by atoms with E-state index < -0.39 is 23.4 Å². The Morgan fingerprint density at radius 1 is 0.960 bits per heavy atom. The molecule has 25 heavy (non-hydrogen) atoms. The molecule has 2 aromatic rings. The Bertz CT molecular complexity index is 760. The van der Waals surface area contributed by atoms with Crippen molar-refractivity contribution in [1.29, 1.82) is 0 Å². The number of benzene rings is 2. The van der Waals surface area contributed by atoms with Crippen molar-refractivity contribution in [3.63, 3.8) is 0 Å². The zero-order valence-corrected chi connectivity index (χ0v) is 13.9. The number of hydrogen-bond donors (Lipinski definition) is 0. The van der Waals surface area contributed by atoms with Crippen LogP contribution in [0.1, 0.15) is 54.4 Å². The van der Waals surface area contributed by atoms with E-state index in [-0.39, 0.29) is 11.3 Å². The van der Waals surface area contributed by atoms with Crippen LogP contribution in [0.3, 0.4) is 0 Å². The fourth-order valence-corrected chi connectivity index (χ4v) is 3.28. The lowest BCUT2D eigenvalue weighted by atomic mass is 9.79. The molecule has 0 aliphatic heterocycles. The van der Waals surface area contributed by atoms with Gasteiger partial charge in [-0.3, -0.25) is 0 Å². The summed E-state index contributed by atoms with van der Waals surface area (Å²) in [5.41, 5.74) is 0.586. The van der Waals surface area contributed by atoms with Crippen LogP contribution in [0.5, 0.6) is 5.75 Å². The van der Waals surface area contributed by atoms with E-state index >= 15 is 0 Å². The molecule has 3 rings (SSSR count). The monoisotopic (exact) mass is 348 g/mol. The molecule has 1 aliphatic rings. The van der Waals surface area contributed by atoms with Crippen LogP contribution in [-0.4, -0.2) is 5.97 Å². The second-order valence-corrected chi connectivity index (χ2v) is 6.69. The molecule has 2 aromatic carbocycles. The van der Waals surface area contributed by atoms with Crippen LogP contribution in [0.4, 0.5) is 13.2 Å². The number of carbonyl (C=O) groups is 1. The van der Waals surface area contributed by atoms with Crippen LogP contribution >= 0.6 is 0 Å². The molecule has 0 spiro atoms. The molecule has 1 aliphatic carbocycles. The molecule has 0 saturated heterocycles. The maximum absolute atomic E-state index is 14.3. The molecule has 0 bridgehead atoms. The topological polar surface area (TPSA) is 26.3 Å². The standard InChI is InChI=1S/C20H19F3O2/c1-12-2-4-13(5-3-12)14-6-7-19(18(23)10-14)25-20(24)15-8-16(21)11-17(22)9-15/h6-13H,2-5H2,1H3. The van der Waals surface area contributed by atoms with Gasteiger partial charge in [0, 0.05) is 6.07 Å². The summed E-state index contributed by atoms with van der Waals surface area (Å²) in [6.45, 7) is 2.22. The quantitative estimate of drug-likeness (QED) is 0.532. The number of hydrogen-bond acceptors (Lipinski definition) is 2. The smallest absolute Gasteiger partial charge is 0.343 e. The van der Waals surface area contributed by atoms with Crippen LogP contribution in [-0.2, 0) is 0 Å². The summed E-state index contributed by atoms with van der Waals surface area (Å²) in [7, 11) is 0. The highest BCUT2D eigenvalue weighted by atomic mass is 19.1. The van der Waals surface area contributed by atoms with Crippen molar-refractivity contribution in [3.8, 4) is 5.75 Å². The maximum atomic E-state index is 14.3.